The van der Waals surface area contributed by atoms with E-state index in [4.69, 9.17) is 11.6 Å². The van der Waals surface area contributed by atoms with Crippen LogP contribution in [0.4, 0.5) is 34.8 Å². The van der Waals surface area contributed by atoms with E-state index in [1.165, 1.54) is 19.1 Å². The normalized spacial score (nSPS) is 17.4. The van der Waals surface area contributed by atoms with Gasteiger partial charge in [0.2, 0.25) is 10.0 Å². The van der Waals surface area contributed by atoms with Crippen LogP contribution in [0.5, 0.6) is 0 Å². The van der Waals surface area contributed by atoms with E-state index in [0.29, 0.717) is 16.1 Å². The molecule has 0 radical (unpaired) electrons. The molecule has 0 saturated carbocycles. The number of pyridine rings is 1. The number of alkyl halides is 3. The topological polar surface area (TPSA) is 70.6 Å². The number of amides is 1. The number of aryl methyl sites for hydroxylation is 1. The number of halogens is 5. The number of rotatable bonds is 4. The fourth-order valence-electron chi connectivity index (χ4n) is 3.88. The van der Waals surface area contributed by atoms with E-state index < -0.39 is 51.1 Å². The molecule has 3 aromatic rings. The zero-order chi connectivity index (χ0) is 25.5. The highest BCUT2D eigenvalue weighted by molar-refractivity contribution is 7.93. The molecule has 2 heterocycles. The van der Waals surface area contributed by atoms with E-state index in [1.54, 1.807) is 30.3 Å². The molecule has 0 spiro atoms. The summed E-state index contributed by atoms with van der Waals surface area (Å²) in [5.41, 5.74) is -0.658. The van der Waals surface area contributed by atoms with E-state index in [9.17, 15) is 30.8 Å². The highest BCUT2D eigenvalue weighted by Gasteiger charge is 2.45. The largest absolute Gasteiger partial charge is 0.416 e. The van der Waals surface area contributed by atoms with Crippen LogP contribution < -0.4 is 9.21 Å². The summed E-state index contributed by atoms with van der Waals surface area (Å²) in [7, 11) is -4.16. The van der Waals surface area contributed by atoms with Crippen LogP contribution in [0.25, 0.3) is 0 Å². The van der Waals surface area contributed by atoms with E-state index in [0.717, 1.165) is 17.0 Å². The summed E-state index contributed by atoms with van der Waals surface area (Å²) in [6.07, 6.45) is -4.93. The fourth-order valence-corrected chi connectivity index (χ4v) is 5.73. The molecule has 2 aromatic carbocycles. The van der Waals surface area contributed by atoms with Crippen LogP contribution in [0.2, 0.25) is 5.02 Å². The van der Waals surface area contributed by atoms with Gasteiger partial charge in [-0.1, -0.05) is 29.8 Å². The van der Waals surface area contributed by atoms with Crippen molar-refractivity contribution in [2.75, 3.05) is 15.0 Å². The highest BCUT2D eigenvalue weighted by Crippen LogP contribution is 2.37. The molecule has 184 valence electrons. The smallest absolute Gasteiger partial charge is 0.279 e. The summed E-state index contributed by atoms with van der Waals surface area (Å²) in [5.74, 6) is -2.44. The highest BCUT2D eigenvalue weighted by atomic mass is 35.5. The van der Waals surface area contributed by atoms with E-state index in [-0.39, 0.29) is 22.8 Å². The maximum Gasteiger partial charge on any atom is 0.416 e. The van der Waals surface area contributed by atoms with Crippen LogP contribution in [-0.4, -0.2) is 31.1 Å². The van der Waals surface area contributed by atoms with Crippen LogP contribution in [0.3, 0.4) is 0 Å². The average molecular weight is 528 g/mol. The molecule has 1 aliphatic rings. The van der Waals surface area contributed by atoms with E-state index in [1.807, 2.05) is 0 Å². The molecule has 1 fully saturated rings. The Balaban J connectivity index is 1.84. The molecule has 35 heavy (non-hydrogen) atoms. The summed E-state index contributed by atoms with van der Waals surface area (Å²) in [5, 5.41) is -0.262. The molecule has 12 heteroatoms. The Morgan fingerprint density at radius 3 is 2.40 bits per heavy atom. The second-order valence-corrected chi connectivity index (χ2v) is 10.2. The van der Waals surface area contributed by atoms with Crippen molar-refractivity contribution >= 4 is 44.7 Å². The van der Waals surface area contributed by atoms with Crippen molar-refractivity contribution in [2.45, 2.75) is 25.6 Å². The third-order valence-corrected chi connectivity index (χ3v) is 7.49. The number of para-hydroxylation sites is 1. The number of nitrogens with zero attached hydrogens (tertiary/aromatic N) is 3. The minimum atomic E-state index is -4.74. The SMILES string of the molecule is Cc1cc(C(F)(F)F)cc(N2[C@H](C(=O)N(c3ccccc3)c3ccc(F)c(Cl)c3)CCS2(=O)=O)n1. The monoisotopic (exact) mass is 527 g/mol. The Labute approximate surface area is 203 Å². The first kappa shape index (κ1) is 24.9. The van der Waals surface area contributed by atoms with Crippen LogP contribution >= 0.6 is 11.6 Å². The van der Waals surface area contributed by atoms with Crippen LogP contribution in [-0.2, 0) is 21.0 Å². The van der Waals surface area contributed by atoms with Gasteiger partial charge in [0.05, 0.1) is 22.0 Å². The zero-order valence-electron chi connectivity index (χ0n) is 18.1. The molecular formula is C23H18ClF4N3O3S. The van der Waals surface area contributed by atoms with E-state index in [2.05, 4.69) is 4.98 Å². The number of hydrogen-bond donors (Lipinski definition) is 0. The van der Waals surface area contributed by atoms with Crippen LogP contribution in [0.1, 0.15) is 17.7 Å². The predicted molar refractivity (Wildman–Crippen MR) is 124 cm³/mol. The van der Waals surface area contributed by atoms with Gasteiger partial charge in [-0.05, 0) is 55.8 Å². The molecule has 1 amide bonds. The number of hydrogen-bond acceptors (Lipinski definition) is 4. The first-order valence-electron chi connectivity index (χ1n) is 10.3. The molecular weight excluding hydrogens is 510 g/mol. The minimum Gasteiger partial charge on any atom is -0.279 e. The Morgan fingerprint density at radius 2 is 1.77 bits per heavy atom. The molecule has 1 aromatic heterocycles. The molecule has 0 aliphatic carbocycles. The zero-order valence-corrected chi connectivity index (χ0v) is 19.7. The third kappa shape index (κ3) is 4.96. The first-order valence-corrected chi connectivity index (χ1v) is 12.3. The van der Waals surface area contributed by atoms with Gasteiger partial charge in [0.15, 0.2) is 0 Å². The number of aromatic nitrogens is 1. The molecule has 1 aliphatic heterocycles. The maximum absolute atomic E-state index is 13.8. The van der Waals surface area contributed by atoms with Crippen molar-refractivity contribution in [3.05, 3.63) is 82.8 Å². The van der Waals surface area contributed by atoms with Crippen molar-refractivity contribution in [1.82, 2.24) is 4.98 Å². The second-order valence-electron chi connectivity index (χ2n) is 7.88. The minimum absolute atomic E-state index is 0.0617. The number of benzene rings is 2. The Morgan fingerprint density at radius 1 is 1.09 bits per heavy atom. The van der Waals surface area contributed by atoms with Gasteiger partial charge in [0.25, 0.3) is 5.91 Å². The molecule has 0 unspecified atom stereocenters. The Kier molecular flexibility index (Phi) is 6.50. The third-order valence-electron chi connectivity index (χ3n) is 5.41. The summed E-state index contributed by atoms with van der Waals surface area (Å²) >= 11 is 5.92. The number of carbonyl (C=O) groups is 1. The van der Waals surface area contributed by atoms with Gasteiger partial charge < -0.3 is 0 Å². The van der Waals surface area contributed by atoms with Gasteiger partial charge in [-0.25, -0.2) is 22.1 Å². The number of anilines is 3. The molecule has 6 nitrogen and oxygen atoms in total. The van der Waals surface area contributed by atoms with Crippen LogP contribution in [0, 0.1) is 12.7 Å². The van der Waals surface area contributed by atoms with Gasteiger partial charge in [-0.3, -0.25) is 9.69 Å². The lowest BCUT2D eigenvalue weighted by Crippen LogP contribution is -2.46. The quantitative estimate of drug-likeness (QED) is 0.422. The van der Waals surface area contributed by atoms with Crippen molar-refractivity contribution in [1.29, 1.82) is 0 Å². The molecule has 4 rings (SSSR count). The average Bonchev–Trinajstić information content (AvgIpc) is 3.11. The summed E-state index contributed by atoms with van der Waals surface area (Å²) in [6, 6.07) is 11.7. The van der Waals surface area contributed by atoms with Crippen LogP contribution in [0.15, 0.2) is 60.7 Å². The van der Waals surface area contributed by atoms with Gasteiger partial charge in [-0.15, -0.1) is 0 Å². The Hall–Kier alpha value is -3.18. The molecule has 0 N–H and O–H groups in total. The lowest BCUT2D eigenvalue weighted by atomic mass is 10.1. The standard InChI is InChI=1S/C23H18ClF4N3O3S/c1-14-11-15(23(26,27)28)12-21(29-14)31-20(9-10-35(31,33)34)22(32)30(16-5-3-2-4-6-16)17-7-8-19(25)18(24)13-17/h2-8,11-13,20H,9-10H2,1H3/t20-/m0/s1. The van der Waals surface area contributed by atoms with Crippen molar-refractivity contribution in [2.24, 2.45) is 0 Å². The van der Waals surface area contributed by atoms with Crippen molar-refractivity contribution < 1.29 is 30.8 Å². The molecule has 1 saturated heterocycles. The summed E-state index contributed by atoms with van der Waals surface area (Å²) < 4.78 is 80.5. The number of sulfonamides is 1. The van der Waals surface area contributed by atoms with Crippen molar-refractivity contribution in [3.63, 3.8) is 0 Å². The Bertz CT molecular complexity index is 1380. The van der Waals surface area contributed by atoms with E-state index >= 15 is 0 Å². The second kappa shape index (κ2) is 9.12. The maximum atomic E-state index is 13.8. The first-order chi connectivity index (χ1) is 16.4. The van der Waals surface area contributed by atoms with Gasteiger partial charge >= 0.3 is 6.18 Å². The lowest BCUT2D eigenvalue weighted by molar-refractivity contribution is -0.137. The predicted octanol–water partition coefficient (Wildman–Crippen LogP) is 5.47. The van der Waals surface area contributed by atoms with Gasteiger partial charge in [-0.2, -0.15) is 13.2 Å². The molecule has 1 atom stereocenters. The van der Waals surface area contributed by atoms with Crippen molar-refractivity contribution in [3.8, 4) is 0 Å². The summed E-state index contributed by atoms with van der Waals surface area (Å²) in [4.78, 5) is 19.0. The molecule has 0 bridgehead atoms. The summed E-state index contributed by atoms with van der Waals surface area (Å²) in [6.45, 7) is 1.30. The lowest BCUT2D eigenvalue weighted by Gasteiger charge is -2.30. The fraction of sp³-hybridized carbons (Fsp3) is 0.217. The van der Waals surface area contributed by atoms with Gasteiger partial charge in [0.1, 0.15) is 17.7 Å². The number of carbonyl (C=O) groups excluding carboxylic acids is 1. The van der Waals surface area contributed by atoms with Gasteiger partial charge in [0, 0.05) is 11.4 Å².